The van der Waals surface area contributed by atoms with Crippen LogP contribution in [0.4, 0.5) is 0 Å². The monoisotopic (exact) mass is 256 g/mol. The molecule has 2 heteroatoms. The minimum absolute atomic E-state index is 0.418. The topological polar surface area (TPSA) is 40.5 Å². The smallest absolute Gasteiger partial charge is 0.115 e. The number of aliphatic hydroxyl groups excluding tert-OH is 1. The first-order chi connectivity index (χ1) is 9.13. The molecule has 0 aliphatic heterocycles. The van der Waals surface area contributed by atoms with Gasteiger partial charge in [0.05, 0.1) is 6.10 Å². The van der Waals surface area contributed by atoms with E-state index in [4.69, 9.17) is 0 Å². The Balaban J connectivity index is 2.39. The highest BCUT2D eigenvalue weighted by Crippen LogP contribution is 2.34. The molecule has 0 aromatic heterocycles. The van der Waals surface area contributed by atoms with Gasteiger partial charge in [0.25, 0.3) is 0 Å². The van der Waals surface area contributed by atoms with Crippen LogP contribution in [0, 0.1) is 0 Å². The number of aliphatic hydroxyl groups is 2. The first kappa shape index (κ1) is 13.8. The molecule has 0 amide bonds. The fourth-order valence-corrected chi connectivity index (χ4v) is 2.30. The predicted molar refractivity (Wildman–Crippen MR) is 76.8 cm³/mol. The fraction of sp³-hybridized carbons (Fsp3) is 0.294. The minimum atomic E-state index is -1.04. The number of rotatable bonds is 5. The third-order valence-electron chi connectivity index (χ3n) is 3.43. The molecule has 0 saturated carbocycles. The Morgan fingerprint density at radius 3 is 1.68 bits per heavy atom. The van der Waals surface area contributed by atoms with Crippen LogP contribution < -0.4 is 0 Å². The molecule has 0 saturated heterocycles. The molecule has 2 aromatic carbocycles. The van der Waals surface area contributed by atoms with Crippen LogP contribution in [0.25, 0.3) is 0 Å². The maximum absolute atomic E-state index is 11.1. The van der Waals surface area contributed by atoms with Gasteiger partial charge in [0.15, 0.2) is 0 Å². The summed E-state index contributed by atoms with van der Waals surface area (Å²) in [4.78, 5) is 0. The minimum Gasteiger partial charge on any atom is -0.393 e. The van der Waals surface area contributed by atoms with E-state index in [2.05, 4.69) is 0 Å². The Hall–Kier alpha value is -1.64. The molecular formula is C17H20O2. The van der Waals surface area contributed by atoms with Gasteiger partial charge in [-0.05, 0) is 30.9 Å². The second-order valence-corrected chi connectivity index (χ2v) is 4.98. The molecule has 1 unspecified atom stereocenters. The van der Waals surface area contributed by atoms with Gasteiger partial charge in [-0.1, -0.05) is 60.7 Å². The van der Waals surface area contributed by atoms with Gasteiger partial charge in [-0.3, -0.25) is 0 Å². The van der Waals surface area contributed by atoms with Crippen LogP contribution in [0.3, 0.4) is 0 Å². The first-order valence-electron chi connectivity index (χ1n) is 6.64. The summed E-state index contributed by atoms with van der Waals surface area (Å²) in [6.07, 6.45) is 0.637. The SMILES string of the molecule is CC(O)CCC(O)(c1ccccc1)c1ccccc1. The highest BCUT2D eigenvalue weighted by atomic mass is 16.3. The summed E-state index contributed by atoms with van der Waals surface area (Å²) in [7, 11) is 0. The Morgan fingerprint density at radius 1 is 0.895 bits per heavy atom. The summed E-state index contributed by atoms with van der Waals surface area (Å²) < 4.78 is 0. The Bertz CT molecular complexity index is 452. The lowest BCUT2D eigenvalue weighted by Gasteiger charge is -2.30. The van der Waals surface area contributed by atoms with Crippen LogP contribution in [0.1, 0.15) is 30.9 Å². The predicted octanol–water partition coefficient (Wildman–Crippen LogP) is 3.08. The molecule has 0 fully saturated rings. The molecule has 0 heterocycles. The van der Waals surface area contributed by atoms with E-state index < -0.39 is 11.7 Å². The summed E-state index contributed by atoms with van der Waals surface area (Å²) >= 11 is 0. The lowest BCUT2D eigenvalue weighted by atomic mass is 9.82. The van der Waals surface area contributed by atoms with Gasteiger partial charge in [0.2, 0.25) is 0 Å². The van der Waals surface area contributed by atoms with E-state index in [1.165, 1.54) is 0 Å². The lowest BCUT2D eigenvalue weighted by molar-refractivity contribution is 0.0515. The van der Waals surface area contributed by atoms with E-state index in [-0.39, 0.29) is 0 Å². The quantitative estimate of drug-likeness (QED) is 0.863. The summed E-state index contributed by atoms with van der Waals surface area (Å²) in [5, 5.41) is 20.6. The summed E-state index contributed by atoms with van der Waals surface area (Å²) in [6.45, 7) is 1.75. The number of hydrogen-bond acceptors (Lipinski definition) is 2. The van der Waals surface area contributed by atoms with E-state index >= 15 is 0 Å². The van der Waals surface area contributed by atoms with E-state index in [0.717, 1.165) is 11.1 Å². The molecule has 2 nitrogen and oxygen atoms in total. The van der Waals surface area contributed by atoms with Crippen LogP contribution in [0.15, 0.2) is 60.7 Å². The molecule has 0 aliphatic rings. The number of benzene rings is 2. The van der Waals surface area contributed by atoms with Crippen molar-refractivity contribution in [3.8, 4) is 0 Å². The van der Waals surface area contributed by atoms with Gasteiger partial charge in [-0.25, -0.2) is 0 Å². The standard InChI is InChI=1S/C17H20O2/c1-14(18)12-13-17(19,15-8-4-2-5-9-15)16-10-6-3-7-11-16/h2-11,14,18-19H,12-13H2,1H3. The highest BCUT2D eigenvalue weighted by Gasteiger charge is 2.31. The normalized spacial score (nSPS) is 13.2. The number of hydrogen-bond donors (Lipinski definition) is 2. The first-order valence-corrected chi connectivity index (χ1v) is 6.64. The molecule has 0 radical (unpaired) electrons. The van der Waals surface area contributed by atoms with Crippen molar-refractivity contribution in [3.63, 3.8) is 0 Å². The maximum atomic E-state index is 11.1. The summed E-state index contributed by atoms with van der Waals surface area (Å²) in [6, 6.07) is 19.3. The van der Waals surface area contributed by atoms with Crippen molar-refractivity contribution in [2.45, 2.75) is 31.5 Å². The van der Waals surface area contributed by atoms with Crippen molar-refractivity contribution in [1.82, 2.24) is 0 Å². The molecule has 2 aromatic rings. The van der Waals surface area contributed by atoms with Gasteiger partial charge < -0.3 is 10.2 Å². The molecule has 2 N–H and O–H groups in total. The van der Waals surface area contributed by atoms with E-state index in [0.29, 0.717) is 12.8 Å². The van der Waals surface area contributed by atoms with Crippen molar-refractivity contribution in [1.29, 1.82) is 0 Å². The van der Waals surface area contributed by atoms with Gasteiger partial charge >= 0.3 is 0 Å². The molecule has 100 valence electrons. The highest BCUT2D eigenvalue weighted by molar-refractivity contribution is 5.35. The molecular weight excluding hydrogens is 236 g/mol. The van der Waals surface area contributed by atoms with Crippen LogP contribution in [0.5, 0.6) is 0 Å². The Kier molecular flexibility index (Phi) is 4.35. The average molecular weight is 256 g/mol. The van der Waals surface area contributed by atoms with Crippen molar-refractivity contribution >= 4 is 0 Å². The van der Waals surface area contributed by atoms with Crippen molar-refractivity contribution in [2.75, 3.05) is 0 Å². The third-order valence-corrected chi connectivity index (χ3v) is 3.43. The maximum Gasteiger partial charge on any atom is 0.115 e. The molecule has 0 spiro atoms. The van der Waals surface area contributed by atoms with Crippen LogP contribution in [-0.2, 0) is 5.60 Å². The molecule has 0 aliphatic carbocycles. The van der Waals surface area contributed by atoms with Crippen molar-refractivity contribution in [3.05, 3.63) is 71.8 Å². The fourth-order valence-electron chi connectivity index (χ4n) is 2.30. The van der Waals surface area contributed by atoms with Gasteiger partial charge in [0.1, 0.15) is 5.60 Å². The zero-order chi connectivity index (χ0) is 13.7. The van der Waals surface area contributed by atoms with Crippen LogP contribution in [0.2, 0.25) is 0 Å². The van der Waals surface area contributed by atoms with Gasteiger partial charge in [-0.15, -0.1) is 0 Å². The molecule has 0 bridgehead atoms. The molecule has 2 rings (SSSR count). The third kappa shape index (κ3) is 3.22. The van der Waals surface area contributed by atoms with E-state index in [1.54, 1.807) is 6.92 Å². The summed E-state index contributed by atoms with van der Waals surface area (Å²) in [5.41, 5.74) is 0.683. The zero-order valence-electron chi connectivity index (χ0n) is 11.2. The van der Waals surface area contributed by atoms with E-state index in [1.807, 2.05) is 60.7 Å². The van der Waals surface area contributed by atoms with Gasteiger partial charge in [0, 0.05) is 0 Å². The van der Waals surface area contributed by atoms with Crippen LogP contribution in [-0.4, -0.2) is 16.3 Å². The van der Waals surface area contributed by atoms with Gasteiger partial charge in [-0.2, -0.15) is 0 Å². The second kappa shape index (κ2) is 6.00. The Labute approximate surface area is 114 Å². The Morgan fingerprint density at radius 2 is 1.32 bits per heavy atom. The van der Waals surface area contributed by atoms with Crippen molar-refractivity contribution < 1.29 is 10.2 Å². The second-order valence-electron chi connectivity index (χ2n) is 4.98. The van der Waals surface area contributed by atoms with E-state index in [9.17, 15) is 10.2 Å². The lowest BCUT2D eigenvalue weighted by Crippen LogP contribution is -2.28. The average Bonchev–Trinajstić information content (AvgIpc) is 2.46. The van der Waals surface area contributed by atoms with Crippen LogP contribution >= 0.6 is 0 Å². The summed E-state index contributed by atoms with van der Waals surface area (Å²) in [5.74, 6) is 0. The molecule has 1 atom stereocenters. The van der Waals surface area contributed by atoms with Crippen molar-refractivity contribution in [2.24, 2.45) is 0 Å². The largest absolute Gasteiger partial charge is 0.393 e. The molecule has 19 heavy (non-hydrogen) atoms. The zero-order valence-corrected chi connectivity index (χ0v) is 11.2.